The molecule has 0 aromatic heterocycles. The van der Waals surface area contributed by atoms with Gasteiger partial charge in [0.25, 0.3) is 0 Å². The second-order valence-corrected chi connectivity index (χ2v) is 9.07. The molecule has 2 nitrogen and oxygen atoms in total. The topological polar surface area (TPSA) is 9.23 Å². The number of unbranched alkanes of at least 4 members (excludes halogenated alkanes) is 10. The Morgan fingerprint density at radius 2 is 1.27 bits per heavy atom. The molecule has 0 heterocycles. The molecule has 0 aliphatic carbocycles. The SMILES string of the molecule is CCCCCCCCC=CCCCCCCC(C)OCCC[N+](C)(C)C. The largest absolute Gasteiger partial charge is 0.378 e. The van der Waals surface area contributed by atoms with Gasteiger partial charge >= 0.3 is 0 Å². The molecule has 156 valence electrons. The molecule has 1 atom stereocenters. The summed E-state index contributed by atoms with van der Waals surface area (Å²) in [5, 5.41) is 0. The molecule has 0 amide bonds. The van der Waals surface area contributed by atoms with Crippen molar-refractivity contribution in [3.05, 3.63) is 12.2 Å². The predicted octanol–water partition coefficient (Wildman–Crippen LogP) is 7.14. The third-order valence-electron chi connectivity index (χ3n) is 5.00. The summed E-state index contributed by atoms with van der Waals surface area (Å²) >= 11 is 0. The number of hydrogen-bond acceptors (Lipinski definition) is 1. The Hall–Kier alpha value is -0.340. The molecular formula is C24H50NO+. The first kappa shape index (κ1) is 25.7. The number of allylic oxidation sites excluding steroid dienone is 2. The standard InChI is InChI=1S/C24H50NO/c1-6-7-8-9-10-11-12-13-14-15-16-17-18-19-21-24(2)26-23-20-22-25(3,4)5/h13-14,24H,6-12,15-23H2,1-5H3/q+1. The lowest BCUT2D eigenvalue weighted by Gasteiger charge is -2.24. The van der Waals surface area contributed by atoms with Gasteiger partial charge in [-0.1, -0.05) is 70.4 Å². The maximum Gasteiger partial charge on any atom is 0.0802 e. The van der Waals surface area contributed by atoms with Crippen LogP contribution in [0.3, 0.4) is 0 Å². The molecule has 0 aliphatic rings. The van der Waals surface area contributed by atoms with E-state index >= 15 is 0 Å². The zero-order valence-electron chi connectivity index (χ0n) is 18.9. The highest BCUT2D eigenvalue weighted by atomic mass is 16.5. The van der Waals surface area contributed by atoms with Gasteiger partial charge in [0.15, 0.2) is 0 Å². The molecule has 0 fully saturated rings. The normalized spacial score (nSPS) is 13.6. The van der Waals surface area contributed by atoms with Crippen LogP contribution in [0.1, 0.15) is 104 Å². The van der Waals surface area contributed by atoms with Crippen LogP contribution in [0.25, 0.3) is 0 Å². The van der Waals surface area contributed by atoms with E-state index in [-0.39, 0.29) is 0 Å². The number of rotatable bonds is 19. The smallest absolute Gasteiger partial charge is 0.0802 e. The van der Waals surface area contributed by atoms with Crippen LogP contribution in [0.2, 0.25) is 0 Å². The van der Waals surface area contributed by atoms with Crippen molar-refractivity contribution in [3.8, 4) is 0 Å². The van der Waals surface area contributed by atoms with Crippen molar-refractivity contribution >= 4 is 0 Å². The third-order valence-corrected chi connectivity index (χ3v) is 5.00. The van der Waals surface area contributed by atoms with Crippen molar-refractivity contribution in [2.24, 2.45) is 0 Å². The van der Waals surface area contributed by atoms with Gasteiger partial charge in [0, 0.05) is 6.42 Å². The maximum atomic E-state index is 5.93. The minimum Gasteiger partial charge on any atom is -0.378 e. The first-order chi connectivity index (χ1) is 12.5. The van der Waals surface area contributed by atoms with Crippen molar-refractivity contribution in [2.75, 3.05) is 34.3 Å². The minimum absolute atomic E-state index is 0.430. The molecule has 1 unspecified atom stereocenters. The van der Waals surface area contributed by atoms with E-state index in [4.69, 9.17) is 4.74 Å². The quantitative estimate of drug-likeness (QED) is 0.134. The van der Waals surface area contributed by atoms with Crippen LogP contribution in [0, 0.1) is 0 Å². The summed E-state index contributed by atoms with van der Waals surface area (Å²) in [4.78, 5) is 0. The molecule has 0 aliphatic heterocycles. The summed E-state index contributed by atoms with van der Waals surface area (Å²) in [6.45, 7) is 6.63. The lowest BCUT2D eigenvalue weighted by Crippen LogP contribution is -2.35. The Labute approximate surface area is 166 Å². The molecule has 0 rings (SSSR count). The molecule has 0 spiro atoms. The molecule has 26 heavy (non-hydrogen) atoms. The van der Waals surface area contributed by atoms with Crippen molar-refractivity contribution in [2.45, 2.75) is 110 Å². The molecule has 2 heteroatoms. The Morgan fingerprint density at radius 3 is 1.85 bits per heavy atom. The average molecular weight is 369 g/mol. The van der Waals surface area contributed by atoms with E-state index < -0.39 is 0 Å². The molecule has 0 saturated carbocycles. The van der Waals surface area contributed by atoms with E-state index in [1.165, 1.54) is 96.4 Å². The number of quaternary nitrogens is 1. The predicted molar refractivity (Wildman–Crippen MR) is 118 cm³/mol. The van der Waals surface area contributed by atoms with Gasteiger partial charge in [0.05, 0.1) is 40.4 Å². The van der Waals surface area contributed by atoms with Gasteiger partial charge in [-0.3, -0.25) is 0 Å². The number of ether oxygens (including phenoxy) is 1. The van der Waals surface area contributed by atoms with Crippen LogP contribution in [0.4, 0.5) is 0 Å². The van der Waals surface area contributed by atoms with Gasteiger partial charge in [-0.15, -0.1) is 0 Å². The Balaban J connectivity index is 3.26. The molecular weight excluding hydrogens is 318 g/mol. The van der Waals surface area contributed by atoms with E-state index in [0.29, 0.717) is 6.10 Å². The fourth-order valence-corrected chi connectivity index (χ4v) is 3.23. The average Bonchev–Trinajstić information content (AvgIpc) is 2.58. The molecule has 0 bridgehead atoms. The van der Waals surface area contributed by atoms with Crippen LogP contribution in [0.5, 0.6) is 0 Å². The summed E-state index contributed by atoms with van der Waals surface area (Å²) in [6.07, 6.45) is 24.0. The minimum atomic E-state index is 0.430. The van der Waals surface area contributed by atoms with Crippen LogP contribution >= 0.6 is 0 Å². The van der Waals surface area contributed by atoms with E-state index in [0.717, 1.165) is 11.1 Å². The van der Waals surface area contributed by atoms with Crippen molar-refractivity contribution in [3.63, 3.8) is 0 Å². The fraction of sp³-hybridized carbons (Fsp3) is 0.917. The number of nitrogens with zero attached hydrogens (tertiary/aromatic N) is 1. The molecule has 0 aromatic rings. The zero-order chi connectivity index (χ0) is 19.5. The van der Waals surface area contributed by atoms with E-state index in [1.54, 1.807) is 0 Å². The van der Waals surface area contributed by atoms with Crippen molar-refractivity contribution < 1.29 is 9.22 Å². The van der Waals surface area contributed by atoms with Gasteiger partial charge in [-0.2, -0.15) is 0 Å². The van der Waals surface area contributed by atoms with Crippen LogP contribution < -0.4 is 0 Å². The number of hydrogen-bond donors (Lipinski definition) is 0. The van der Waals surface area contributed by atoms with Crippen LogP contribution in [0.15, 0.2) is 12.2 Å². The Kier molecular flexibility index (Phi) is 17.8. The summed E-state index contributed by atoms with van der Waals surface area (Å²) in [5.74, 6) is 0. The highest BCUT2D eigenvalue weighted by Gasteiger charge is 2.07. The Bertz CT molecular complexity index is 306. The first-order valence-corrected chi connectivity index (χ1v) is 11.5. The molecule has 0 saturated heterocycles. The van der Waals surface area contributed by atoms with Crippen LogP contribution in [-0.4, -0.2) is 44.9 Å². The summed E-state index contributed by atoms with van der Waals surface area (Å²) < 4.78 is 6.96. The monoisotopic (exact) mass is 368 g/mol. The second-order valence-electron chi connectivity index (χ2n) is 9.07. The first-order valence-electron chi connectivity index (χ1n) is 11.5. The summed E-state index contributed by atoms with van der Waals surface area (Å²) in [7, 11) is 6.73. The van der Waals surface area contributed by atoms with Crippen LogP contribution in [-0.2, 0) is 4.74 Å². The maximum absolute atomic E-state index is 5.93. The third kappa shape index (κ3) is 21.7. The van der Waals surface area contributed by atoms with Gasteiger partial charge in [0.1, 0.15) is 0 Å². The lowest BCUT2D eigenvalue weighted by atomic mass is 10.1. The molecule has 0 N–H and O–H groups in total. The van der Waals surface area contributed by atoms with Crippen molar-refractivity contribution in [1.82, 2.24) is 0 Å². The summed E-state index contributed by atoms with van der Waals surface area (Å²) in [5.41, 5.74) is 0. The fourth-order valence-electron chi connectivity index (χ4n) is 3.23. The Morgan fingerprint density at radius 1 is 0.731 bits per heavy atom. The van der Waals surface area contributed by atoms with Gasteiger partial charge in [0.2, 0.25) is 0 Å². The highest BCUT2D eigenvalue weighted by Crippen LogP contribution is 2.11. The highest BCUT2D eigenvalue weighted by molar-refractivity contribution is 4.81. The second kappa shape index (κ2) is 18.0. The van der Waals surface area contributed by atoms with Gasteiger partial charge in [-0.05, 0) is 39.0 Å². The van der Waals surface area contributed by atoms with E-state index in [9.17, 15) is 0 Å². The zero-order valence-corrected chi connectivity index (χ0v) is 18.9. The van der Waals surface area contributed by atoms with E-state index in [1.807, 2.05) is 0 Å². The van der Waals surface area contributed by atoms with Gasteiger partial charge < -0.3 is 9.22 Å². The molecule has 0 aromatic carbocycles. The van der Waals surface area contributed by atoms with Crippen molar-refractivity contribution in [1.29, 1.82) is 0 Å². The summed E-state index contributed by atoms with van der Waals surface area (Å²) in [6, 6.07) is 0. The lowest BCUT2D eigenvalue weighted by molar-refractivity contribution is -0.870. The van der Waals surface area contributed by atoms with E-state index in [2.05, 4.69) is 47.1 Å². The van der Waals surface area contributed by atoms with Gasteiger partial charge in [-0.25, -0.2) is 0 Å². The molecule has 0 radical (unpaired) electrons.